The Balaban J connectivity index is 2.10. The molecule has 43 heavy (non-hydrogen) atoms. The van der Waals surface area contributed by atoms with E-state index in [1.54, 1.807) is 24.3 Å². The van der Waals surface area contributed by atoms with Crippen molar-refractivity contribution in [1.82, 2.24) is 10.2 Å². The molecule has 3 rings (SSSR count). The van der Waals surface area contributed by atoms with E-state index < -0.39 is 28.5 Å². The summed E-state index contributed by atoms with van der Waals surface area (Å²) in [5, 5.41) is 3.00. The normalized spacial score (nSPS) is 12.6. The molecule has 0 aliphatic carbocycles. The number of methoxy groups -OCH3 is 2. The summed E-state index contributed by atoms with van der Waals surface area (Å²) in [6.45, 7) is 9.20. The fourth-order valence-corrected chi connectivity index (χ4v) is 6.11. The molecule has 2 amide bonds. The molecule has 0 unspecified atom stereocenters. The summed E-state index contributed by atoms with van der Waals surface area (Å²) in [6.07, 6.45) is 1.09. The van der Waals surface area contributed by atoms with Gasteiger partial charge >= 0.3 is 0 Å². The van der Waals surface area contributed by atoms with Gasteiger partial charge in [0.2, 0.25) is 11.8 Å². The van der Waals surface area contributed by atoms with Crippen molar-refractivity contribution in [3.63, 3.8) is 0 Å². The van der Waals surface area contributed by atoms with E-state index in [0.717, 1.165) is 27.4 Å². The van der Waals surface area contributed by atoms with Crippen molar-refractivity contribution in [2.24, 2.45) is 0 Å². The van der Waals surface area contributed by atoms with Crippen molar-refractivity contribution in [3.8, 4) is 11.5 Å². The van der Waals surface area contributed by atoms with Gasteiger partial charge in [-0.15, -0.1) is 0 Å². The highest BCUT2D eigenvalue weighted by Gasteiger charge is 2.34. The van der Waals surface area contributed by atoms with Gasteiger partial charge in [0, 0.05) is 18.7 Å². The van der Waals surface area contributed by atoms with Gasteiger partial charge in [-0.1, -0.05) is 55.8 Å². The number of hydrogen-bond acceptors (Lipinski definition) is 6. The molecule has 232 valence electrons. The molecule has 2 atom stereocenters. The van der Waals surface area contributed by atoms with Crippen LogP contribution in [0.1, 0.15) is 50.3 Å². The Hall–Kier alpha value is -4.05. The quantitative estimate of drug-likeness (QED) is 0.268. The minimum absolute atomic E-state index is 0.0643. The lowest BCUT2D eigenvalue weighted by Gasteiger charge is -2.34. The Morgan fingerprint density at radius 2 is 1.53 bits per heavy atom. The Kier molecular flexibility index (Phi) is 11.6. The monoisotopic (exact) mass is 609 g/mol. The fourth-order valence-electron chi connectivity index (χ4n) is 4.68. The van der Waals surface area contributed by atoms with Crippen LogP contribution >= 0.6 is 0 Å². The van der Waals surface area contributed by atoms with Crippen molar-refractivity contribution in [3.05, 3.63) is 83.4 Å². The maximum Gasteiger partial charge on any atom is 0.264 e. The minimum atomic E-state index is -4.26. The van der Waals surface area contributed by atoms with E-state index in [-0.39, 0.29) is 29.1 Å². The summed E-state index contributed by atoms with van der Waals surface area (Å²) >= 11 is 0. The second-order valence-corrected chi connectivity index (χ2v) is 12.4. The van der Waals surface area contributed by atoms with Gasteiger partial charge in [-0.3, -0.25) is 13.9 Å². The molecule has 0 saturated carbocycles. The van der Waals surface area contributed by atoms with Crippen LogP contribution in [-0.4, -0.2) is 58.0 Å². The molecule has 0 fully saturated rings. The number of hydrogen-bond donors (Lipinski definition) is 1. The van der Waals surface area contributed by atoms with Crippen LogP contribution in [0.4, 0.5) is 5.69 Å². The van der Waals surface area contributed by atoms with Crippen LogP contribution in [0.2, 0.25) is 0 Å². The summed E-state index contributed by atoms with van der Waals surface area (Å²) in [4.78, 5) is 29.1. The summed E-state index contributed by atoms with van der Waals surface area (Å²) in [5.74, 6) is -0.155. The largest absolute Gasteiger partial charge is 0.493 e. The first-order valence-corrected chi connectivity index (χ1v) is 15.9. The highest BCUT2D eigenvalue weighted by molar-refractivity contribution is 7.92. The van der Waals surface area contributed by atoms with Crippen LogP contribution in [0, 0.1) is 13.8 Å². The van der Waals surface area contributed by atoms with E-state index in [1.807, 2.05) is 58.9 Å². The Morgan fingerprint density at radius 1 is 0.884 bits per heavy atom. The van der Waals surface area contributed by atoms with Gasteiger partial charge in [0.15, 0.2) is 11.5 Å². The van der Waals surface area contributed by atoms with E-state index in [0.29, 0.717) is 17.9 Å². The standard InChI is InChI=1S/C33H43N3O6S/c1-8-25(5)34-33(38)29(9-2)35(21-26-13-11-10-12-24(26)4)32(37)22-36(27-16-14-23(3)15-17-27)43(39,40)28-18-19-30(41-6)31(20-28)42-7/h10-20,25,29H,8-9,21-22H2,1-7H3,(H,34,38)/t25-,29+/m1/s1. The molecule has 0 radical (unpaired) electrons. The average molecular weight is 610 g/mol. The van der Waals surface area contributed by atoms with Gasteiger partial charge < -0.3 is 19.7 Å². The van der Waals surface area contributed by atoms with Crippen molar-refractivity contribution in [1.29, 1.82) is 0 Å². The molecule has 3 aromatic rings. The predicted octanol–water partition coefficient (Wildman–Crippen LogP) is 5.24. The summed E-state index contributed by atoms with van der Waals surface area (Å²) in [5.41, 5.74) is 3.09. The Labute approximate surface area is 255 Å². The molecule has 0 aliphatic heterocycles. The van der Waals surface area contributed by atoms with Gasteiger partial charge in [0.05, 0.1) is 24.8 Å². The number of nitrogens with one attached hydrogen (secondary N) is 1. The summed E-state index contributed by atoms with van der Waals surface area (Å²) in [7, 11) is -1.37. The number of anilines is 1. The number of benzene rings is 3. The topological polar surface area (TPSA) is 105 Å². The van der Waals surface area contributed by atoms with Crippen LogP contribution in [-0.2, 0) is 26.2 Å². The van der Waals surface area contributed by atoms with Crippen LogP contribution in [0.3, 0.4) is 0 Å². The fraction of sp³-hybridized carbons (Fsp3) is 0.394. The SMILES string of the molecule is CC[C@@H](C)NC(=O)[C@H](CC)N(Cc1ccccc1C)C(=O)CN(c1ccc(C)cc1)S(=O)(=O)c1ccc(OC)c(OC)c1. The predicted molar refractivity (Wildman–Crippen MR) is 169 cm³/mol. The van der Waals surface area contributed by atoms with Crippen molar-refractivity contribution in [2.45, 2.75) is 71.0 Å². The van der Waals surface area contributed by atoms with Crippen LogP contribution in [0.25, 0.3) is 0 Å². The van der Waals surface area contributed by atoms with Gasteiger partial charge in [0.1, 0.15) is 12.6 Å². The third-order valence-electron chi connectivity index (χ3n) is 7.53. The molecular formula is C33H43N3O6S. The molecule has 3 aromatic carbocycles. The molecule has 10 heteroatoms. The van der Waals surface area contributed by atoms with Gasteiger partial charge in [0.25, 0.3) is 10.0 Å². The van der Waals surface area contributed by atoms with Crippen molar-refractivity contribution in [2.75, 3.05) is 25.1 Å². The maximum absolute atomic E-state index is 14.3. The molecule has 0 heterocycles. The lowest BCUT2D eigenvalue weighted by atomic mass is 10.1. The molecule has 0 aromatic heterocycles. The third kappa shape index (κ3) is 8.07. The third-order valence-corrected chi connectivity index (χ3v) is 9.30. The van der Waals surface area contributed by atoms with Gasteiger partial charge in [-0.05, 0) is 69.0 Å². The second kappa shape index (κ2) is 14.9. The molecule has 0 bridgehead atoms. The van der Waals surface area contributed by atoms with E-state index in [4.69, 9.17) is 9.47 Å². The van der Waals surface area contributed by atoms with Crippen molar-refractivity contribution < 1.29 is 27.5 Å². The van der Waals surface area contributed by atoms with E-state index in [1.165, 1.54) is 37.3 Å². The number of carbonyl (C=O) groups is 2. The van der Waals surface area contributed by atoms with E-state index in [9.17, 15) is 18.0 Å². The Morgan fingerprint density at radius 3 is 2.12 bits per heavy atom. The number of carbonyl (C=O) groups excluding carboxylic acids is 2. The lowest BCUT2D eigenvalue weighted by Crippen LogP contribution is -2.53. The smallest absolute Gasteiger partial charge is 0.264 e. The molecule has 9 nitrogen and oxygen atoms in total. The average Bonchev–Trinajstić information content (AvgIpc) is 3.00. The minimum Gasteiger partial charge on any atom is -0.493 e. The highest BCUT2D eigenvalue weighted by atomic mass is 32.2. The Bertz CT molecular complexity index is 1510. The second-order valence-electron chi connectivity index (χ2n) is 10.6. The number of aryl methyl sites for hydroxylation is 2. The first-order chi connectivity index (χ1) is 20.5. The van der Waals surface area contributed by atoms with Crippen LogP contribution in [0.5, 0.6) is 11.5 Å². The number of rotatable bonds is 14. The molecule has 0 spiro atoms. The van der Waals surface area contributed by atoms with Crippen LogP contribution in [0.15, 0.2) is 71.6 Å². The van der Waals surface area contributed by atoms with Gasteiger partial charge in [-0.25, -0.2) is 8.42 Å². The number of ether oxygens (including phenoxy) is 2. The molecular weight excluding hydrogens is 566 g/mol. The zero-order valence-electron chi connectivity index (χ0n) is 26.1. The van der Waals surface area contributed by atoms with Crippen molar-refractivity contribution >= 4 is 27.5 Å². The first-order valence-electron chi connectivity index (χ1n) is 14.4. The zero-order chi connectivity index (χ0) is 31.7. The number of nitrogens with zero attached hydrogens (tertiary/aromatic N) is 2. The maximum atomic E-state index is 14.3. The van der Waals surface area contributed by atoms with E-state index >= 15 is 0 Å². The zero-order valence-corrected chi connectivity index (χ0v) is 26.9. The highest BCUT2D eigenvalue weighted by Crippen LogP contribution is 2.32. The molecule has 1 N–H and O–H groups in total. The summed E-state index contributed by atoms with van der Waals surface area (Å²) in [6, 6.07) is 18.0. The lowest BCUT2D eigenvalue weighted by molar-refractivity contribution is -0.140. The number of sulfonamides is 1. The summed E-state index contributed by atoms with van der Waals surface area (Å²) < 4.78 is 40.1. The first kappa shape index (κ1) is 33.5. The van der Waals surface area contributed by atoms with Crippen LogP contribution < -0.4 is 19.1 Å². The molecule has 0 saturated heterocycles. The van der Waals surface area contributed by atoms with E-state index in [2.05, 4.69) is 5.32 Å². The van der Waals surface area contributed by atoms with Gasteiger partial charge in [-0.2, -0.15) is 0 Å². The number of amides is 2. The molecule has 0 aliphatic rings.